The highest BCUT2D eigenvalue weighted by Crippen LogP contribution is 2.30. The molecule has 1 heterocycles. The summed E-state index contributed by atoms with van der Waals surface area (Å²) in [5, 5.41) is 3.04. The number of methoxy groups -OCH3 is 2. The quantitative estimate of drug-likeness (QED) is 0.613. The van der Waals surface area contributed by atoms with Crippen molar-refractivity contribution in [3.63, 3.8) is 0 Å². The minimum atomic E-state index is -3.55. The van der Waals surface area contributed by atoms with Gasteiger partial charge in [0, 0.05) is 23.5 Å². The Hall–Kier alpha value is -2.10. The smallest absolute Gasteiger partial charge is 0.243 e. The molecule has 31 heavy (non-hydrogen) atoms. The summed E-state index contributed by atoms with van der Waals surface area (Å²) in [6.07, 6.45) is 0.973. The fourth-order valence-corrected chi connectivity index (χ4v) is 5.38. The van der Waals surface area contributed by atoms with Crippen LogP contribution in [0.2, 0.25) is 0 Å². The van der Waals surface area contributed by atoms with Gasteiger partial charge in [0.1, 0.15) is 0 Å². The number of sulfonamides is 1. The molecule has 3 rings (SSSR count). The summed E-state index contributed by atoms with van der Waals surface area (Å²) in [6, 6.07) is 11.9. The molecule has 1 atom stereocenters. The van der Waals surface area contributed by atoms with Gasteiger partial charge in [0.2, 0.25) is 15.9 Å². The highest BCUT2D eigenvalue weighted by molar-refractivity contribution is 9.10. The van der Waals surface area contributed by atoms with E-state index in [0.717, 1.165) is 10.0 Å². The lowest BCUT2D eigenvalue weighted by Gasteiger charge is -2.31. The van der Waals surface area contributed by atoms with E-state index >= 15 is 0 Å². The second-order valence-electron chi connectivity index (χ2n) is 7.48. The number of nitrogens with one attached hydrogen (secondary N) is 1. The number of carbonyl (C=O) groups excluding carboxylic acids is 1. The van der Waals surface area contributed by atoms with Crippen LogP contribution in [0, 0.1) is 5.92 Å². The number of ether oxygens (including phenoxy) is 2. The van der Waals surface area contributed by atoms with Gasteiger partial charge in [-0.15, -0.1) is 0 Å². The Bertz CT molecular complexity index is 1020. The number of rotatable bonds is 7. The van der Waals surface area contributed by atoms with Gasteiger partial charge in [-0.2, -0.15) is 4.31 Å². The summed E-state index contributed by atoms with van der Waals surface area (Å²) in [5.41, 5.74) is 0.904. The van der Waals surface area contributed by atoms with E-state index in [1.807, 2.05) is 25.1 Å². The number of amides is 1. The van der Waals surface area contributed by atoms with Crippen LogP contribution in [0.3, 0.4) is 0 Å². The largest absolute Gasteiger partial charge is 0.493 e. The Morgan fingerprint density at radius 1 is 1.06 bits per heavy atom. The van der Waals surface area contributed by atoms with E-state index in [-0.39, 0.29) is 22.8 Å². The fourth-order valence-electron chi connectivity index (χ4n) is 3.65. The summed E-state index contributed by atoms with van der Waals surface area (Å²) < 4.78 is 38.5. The van der Waals surface area contributed by atoms with Gasteiger partial charge in [-0.1, -0.05) is 22.0 Å². The first-order chi connectivity index (χ1) is 14.8. The first-order valence-electron chi connectivity index (χ1n) is 10.0. The summed E-state index contributed by atoms with van der Waals surface area (Å²) in [7, 11) is -0.407. The van der Waals surface area contributed by atoms with Crippen LogP contribution in [0.1, 0.15) is 31.4 Å². The van der Waals surface area contributed by atoms with E-state index in [2.05, 4.69) is 21.2 Å². The molecule has 2 aromatic rings. The molecule has 1 amide bonds. The molecule has 1 saturated heterocycles. The molecule has 1 fully saturated rings. The number of piperidine rings is 1. The Labute approximate surface area is 191 Å². The molecule has 0 bridgehead atoms. The maximum atomic E-state index is 12.8. The molecule has 2 aromatic carbocycles. The SMILES string of the molecule is COc1ccc([C@@H](C)NC(=O)C2CCN(S(=O)(=O)c3ccc(Br)cc3)CC2)cc1OC. The Balaban J connectivity index is 1.59. The number of hydrogen-bond donors (Lipinski definition) is 1. The second-order valence-corrected chi connectivity index (χ2v) is 10.3. The number of nitrogens with zero attached hydrogens (tertiary/aromatic N) is 1. The van der Waals surface area contributed by atoms with Crippen molar-refractivity contribution in [2.45, 2.75) is 30.7 Å². The van der Waals surface area contributed by atoms with Gasteiger partial charge in [-0.3, -0.25) is 4.79 Å². The van der Waals surface area contributed by atoms with Gasteiger partial charge >= 0.3 is 0 Å². The van der Waals surface area contributed by atoms with Gasteiger partial charge < -0.3 is 14.8 Å². The van der Waals surface area contributed by atoms with Crippen molar-refractivity contribution in [3.05, 3.63) is 52.5 Å². The maximum Gasteiger partial charge on any atom is 0.243 e. The van der Waals surface area contributed by atoms with Crippen molar-refractivity contribution in [2.75, 3.05) is 27.3 Å². The van der Waals surface area contributed by atoms with E-state index in [1.165, 1.54) is 4.31 Å². The third kappa shape index (κ3) is 5.39. The van der Waals surface area contributed by atoms with Crippen LogP contribution in [-0.2, 0) is 14.8 Å². The standard InChI is InChI=1S/C22H27BrN2O5S/c1-15(17-4-9-20(29-2)21(14-17)30-3)24-22(26)16-10-12-25(13-11-16)31(27,28)19-7-5-18(23)6-8-19/h4-9,14-16H,10-13H2,1-3H3,(H,24,26)/t15-/m1/s1. The molecule has 0 aliphatic carbocycles. The summed E-state index contributed by atoms with van der Waals surface area (Å²) in [5.74, 6) is 0.943. The zero-order valence-electron chi connectivity index (χ0n) is 17.8. The summed E-state index contributed by atoms with van der Waals surface area (Å²) in [6.45, 7) is 2.55. The van der Waals surface area contributed by atoms with Gasteiger partial charge in [0.15, 0.2) is 11.5 Å². The molecule has 0 spiro atoms. The van der Waals surface area contributed by atoms with E-state index in [9.17, 15) is 13.2 Å². The third-order valence-corrected chi connectivity index (χ3v) is 7.98. The van der Waals surface area contributed by atoms with Crippen molar-refractivity contribution >= 4 is 31.9 Å². The summed E-state index contributed by atoms with van der Waals surface area (Å²) >= 11 is 3.32. The fraction of sp³-hybridized carbons (Fsp3) is 0.409. The highest BCUT2D eigenvalue weighted by atomic mass is 79.9. The molecule has 7 nitrogen and oxygen atoms in total. The van der Waals surface area contributed by atoms with Crippen molar-refractivity contribution < 1.29 is 22.7 Å². The van der Waals surface area contributed by atoms with Crippen LogP contribution in [-0.4, -0.2) is 45.9 Å². The van der Waals surface area contributed by atoms with Crippen molar-refractivity contribution in [1.29, 1.82) is 0 Å². The van der Waals surface area contributed by atoms with Crippen LogP contribution in [0.15, 0.2) is 51.8 Å². The van der Waals surface area contributed by atoms with E-state index in [4.69, 9.17) is 9.47 Å². The van der Waals surface area contributed by atoms with E-state index < -0.39 is 10.0 Å². The average molecular weight is 511 g/mol. The number of carbonyl (C=O) groups is 1. The first kappa shape index (κ1) is 23.6. The Morgan fingerprint density at radius 2 is 1.68 bits per heavy atom. The lowest BCUT2D eigenvalue weighted by atomic mass is 9.96. The Morgan fingerprint density at radius 3 is 2.26 bits per heavy atom. The number of benzene rings is 2. The molecule has 1 N–H and O–H groups in total. The molecule has 0 saturated carbocycles. The Kier molecular flexibility index (Phi) is 7.61. The third-order valence-electron chi connectivity index (χ3n) is 5.54. The first-order valence-corrected chi connectivity index (χ1v) is 12.3. The molecule has 1 aliphatic rings. The van der Waals surface area contributed by atoms with E-state index in [0.29, 0.717) is 37.4 Å². The lowest BCUT2D eigenvalue weighted by Crippen LogP contribution is -2.43. The zero-order chi connectivity index (χ0) is 22.6. The topological polar surface area (TPSA) is 84.9 Å². The molecular weight excluding hydrogens is 484 g/mol. The predicted molar refractivity (Wildman–Crippen MR) is 122 cm³/mol. The minimum Gasteiger partial charge on any atom is -0.493 e. The van der Waals surface area contributed by atoms with Crippen molar-refractivity contribution in [2.24, 2.45) is 5.92 Å². The van der Waals surface area contributed by atoms with Crippen LogP contribution >= 0.6 is 15.9 Å². The number of hydrogen-bond acceptors (Lipinski definition) is 5. The molecule has 9 heteroatoms. The monoisotopic (exact) mass is 510 g/mol. The van der Waals surface area contributed by atoms with Crippen LogP contribution < -0.4 is 14.8 Å². The van der Waals surface area contributed by atoms with E-state index in [1.54, 1.807) is 38.5 Å². The molecule has 0 unspecified atom stereocenters. The van der Waals surface area contributed by atoms with Crippen LogP contribution in [0.5, 0.6) is 11.5 Å². The zero-order valence-corrected chi connectivity index (χ0v) is 20.2. The van der Waals surface area contributed by atoms with Gasteiger partial charge in [-0.25, -0.2) is 8.42 Å². The van der Waals surface area contributed by atoms with Gasteiger partial charge in [-0.05, 0) is 61.7 Å². The van der Waals surface area contributed by atoms with Crippen LogP contribution in [0.25, 0.3) is 0 Å². The predicted octanol–water partition coefficient (Wildman–Crippen LogP) is 3.74. The lowest BCUT2D eigenvalue weighted by molar-refractivity contribution is -0.126. The molecular formula is C22H27BrN2O5S. The number of halogens is 1. The van der Waals surface area contributed by atoms with Crippen molar-refractivity contribution in [3.8, 4) is 11.5 Å². The molecule has 0 radical (unpaired) electrons. The molecule has 1 aliphatic heterocycles. The molecule has 0 aromatic heterocycles. The van der Waals surface area contributed by atoms with Gasteiger partial charge in [0.05, 0.1) is 25.2 Å². The highest BCUT2D eigenvalue weighted by Gasteiger charge is 2.32. The normalized spacial score (nSPS) is 16.5. The molecule has 168 valence electrons. The van der Waals surface area contributed by atoms with Crippen LogP contribution in [0.4, 0.5) is 0 Å². The van der Waals surface area contributed by atoms with Gasteiger partial charge in [0.25, 0.3) is 0 Å². The second kappa shape index (κ2) is 10.0. The maximum absolute atomic E-state index is 12.8. The summed E-state index contributed by atoms with van der Waals surface area (Å²) in [4.78, 5) is 13.0. The average Bonchev–Trinajstić information content (AvgIpc) is 2.78. The minimum absolute atomic E-state index is 0.0667. The van der Waals surface area contributed by atoms with Crippen molar-refractivity contribution in [1.82, 2.24) is 9.62 Å².